The maximum atomic E-state index is 3.48. The fourth-order valence-electron chi connectivity index (χ4n) is 2.01. The SMILES string of the molecule is CC(C)CC1=CC=C(c2ccccc2)NC1. The molecule has 0 saturated heterocycles. The van der Waals surface area contributed by atoms with Gasteiger partial charge in [0.15, 0.2) is 0 Å². The molecule has 1 heteroatoms. The fourth-order valence-corrected chi connectivity index (χ4v) is 2.01. The summed E-state index contributed by atoms with van der Waals surface area (Å²) in [6.07, 6.45) is 5.64. The normalized spacial score (nSPS) is 15.4. The average Bonchev–Trinajstić information content (AvgIpc) is 2.30. The van der Waals surface area contributed by atoms with Gasteiger partial charge in [0, 0.05) is 12.2 Å². The molecule has 1 aliphatic rings. The Morgan fingerprint density at radius 2 is 1.88 bits per heavy atom. The molecule has 16 heavy (non-hydrogen) atoms. The molecule has 0 radical (unpaired) electrons. The van der Waals surface area contributed by atoms with Crippen molar-refractivity contribution in [3.05, 3.63) is 53.6 Å². The highest BCUT2D eigenvalue weighted by atomic mass is 14.9. The van der Waals surface area contributed by atoms with E-state index in [9.17, 15) is 0 Å². The monoisotopic (exact) mass is 213 g/mol. The third kappa shape index (κ3) is 2.75. The quantitative estimate of drug-likeness (QED) is 0.809. The predicted octanol–water partition coefficient (Wildman–Crippen LogP) is 3.60. The standard InChI is InChI=1S/C15H19N/c1-12(2)10-13-8-9-15(16-11-13)14-6-4-3-5-7-14/h3-9,12,16H,10-11H2,1-2H3. The van der Waals surface area contributed by atoms with E-state index in [0.717, 1.165) is 12.5 Å². The zero-order chi connectivity index (χ0) is 11.4. The third-order valence-electron chi connectivity index (χ3n) is 2.75. The number of hydrogen-bond donors (Lipinski definition) is 1. The Labute approximate surface area is 97.9 Å². The van der Waals surface area contributed by atoms with Crippen LogP contribution < -0.4 is 5.32 Å². The zero-order valence-electron chi connectivity index (χ0n) is 10.0. The molecule has 0 aromatic heterocycles. The molecule has 0 saturated carbocycles. The molecule has 0 bridgehead atoms. The number of allylic oxidation sites excluding steroid dienone is 2. The summed E-state index contributed by atoms with van der Waals surface area (Å²) in [7, 11) is 0. The number of dihydropyridines is 1. The lowest BCUT2D eigenvalue weighted by Crippen LogP contribution is -2.19. The molecule has 0 atom stereocenters. The summed E-state index contributed by atoms with van der Waals surface area (Å²) in [6.45, 7) is 5.51. The molecule has 0 unspecified atom stereocenters. The van der Waals surface area contributed by atoms with E-state index in [1.165, 1.54) is 23.3 Å². The van der Waals surface area contributed by atoms with Crippen LogP contribution in [0.5, 0.6) is 0 Å². The van der Waals surface area contributed by atoms with Gasteiger partial charge in [-0.3, -0.25) is 0 Å². The highest BCUT2D eigenvalue weighted by molar-refractivity contribution is 5.67. The van der Waals surface area contributed by atoms with Gasteiger partial charge in [-0.05, 0) is 24.0 Å². The van der Waals surface area contributed by atoms with Crippen molar-refractivity contribution in [1.82, 2.24) is 5.32 Å². The molecule has 84 valence electrons. The van der Waals surface area contributed by atoms with E-state index in [-0.39, 0.29) is 0 Å². The van der Waals surface area contributed by atoms with Crippen LogP contribution in [0.15, 0.2) is 48.1 Å². The van der Waals surface area contributed by atoms with Crippen molar-refractivity contribution in [2.24, 2.45) is 5.92 Å². The van der Waals surface area contributed by atoms with Crippen molar-refractivity contribution in [3.63, 3.8) is 0 Å². The molecule has 1 aromatic rings. The highest BCUT2D eigenvalue weighted by Gasteiger charge is 2.07. The number of rotatable bonds is 3. The Balaban J connectivity index is 2.11. The molecule has 1 heterocycles. The number of hydrogen-bond acceptors (Lipinski definition) is 1. The van der Waals surface area contributed by atoms with Gasteiger partial charge in [-0.15, -0.1) is 0 Å². The molecule has 1 N–H and O–H groups in total. The van der Waals surface area contributed by atoms with E-state index in [4.69, 9.17) is 0 Å². The molecule has 0 spiro atoms. The Morgan fingerprint density at radius 1 is 1.12 bits per heavy atom. The second-order valence-electron chi connectivity index (χ2n) is 4.72. The van der Waals surface area contributed by atoms with Crippen molar-refractivity contribution in [2.75, 3.05) is 6.54 Å². The van der Waals surface area contributed by atoms with Crippen LogP contribution in [0.1, 0.15) is 25.8 Å². The predicted molar refractivity (Wildman–Crippen MR) is 70.0 cm³/mol. The molecule has 1 aliphatic heterocycles. The van der Waals surface area contributed by atoms with Gasteiger partial charge >= 0.3 is 0 Å². The lowest BCUT2D eigenvalue weighted by atomic mass is 9.99. The minimum Gasteiger partial charge on any atom is -0.381 e. The van der Waals surface area contributed by atoms with Gasteiger partial charge in [-0.2, -0.15) is 0 Å². The van der Waals surface area contributed by atoms with E-state index < -0.39 is 0 Å². The van der Waals surface area contributed by atoms with Gasteiger partial charge in [-0.1, -0.05) is 55.8 Å². The van der Waals surface area contributed by atoms with Crippen molar-refractivity contribution in [2.45, 2.75) is 20.3 Å². The first-order valence-corrected chi connectivity index (χ1v) is 5.94. The first-order valence-electron chi connectivity index (χ1n) is 5.94. The van der Waals surface area contributed by atoms with Gasteiger partial charge in [0.05, 0.1) is 0 Å². The number of nitrogens with one attached hydrogen (secondary N) is 1. The van der Waals surface area contributed by atoms with Gasteiger partial charge in [0.1, 0.15) is 0 Å². The summed E-state index contributed by atoms with van der Waals surface area (Å²) in [5.41, 5.74) is 3.99. The number of benzene rings is 1. The minimum absolute atomic E-state index is 0.736. The lowest BCUT2D eigenvalue weighted by Gasteiger charge is -2.18. The van der Waals surface area contributed by atoms with E-state index in [1.54, 1.807) is 0 Å². The molecule has 2 rings (SSSR count). The van der Waals surface area contributed by atoms with Crippen LogP contribution in [0.2, 0.25) is 0 Å². The lowest BCUT2D eigenvalue weighted by molar-refractivity contribution is 0.627. The Bertz CT molecular complexity index is 399. The van der Waals surface area contributed by atoms with E-state index in [0.29, 0.717) is 0 Å². The first-order chi connectivity index (χ1) is 7.75. The van der Waals surface area contributed by atoms with Gasteiger partial charge < -0.3 is 5.32 Å². The maximum Gasteiger partial charge on any atom is 0.0416 e. The third-order valence-corrected chi connectivity index (χ3v) is 2.75. The fraction of sp³-hybridized carbons (Fsp3) is 0.333. The molecule has 1 aromatic carbocycles. The van der Waals surface area contributed by atoms with Crippen LogP contribution in [-0.2, 0) is 0 Å². The van der Waals surface area contributed by atoms with E-state index >= 15 is 0 Å². The van der Waals surface area contributed by atoms with Crippen molar-refractivity contribution in [3.8, 4) is 0 Å². The topological polar surface area (TPSA) is 12.0 Å². The minimum atomic E-state index is 0.736. The summed E-state index contributed by atoms with van der Waals surface area (Å²) in [4.78, 5) is 0. The average molecular weight is 213 g/mol. The second kappa shape index (κ2) is 5.02. The Hall–Kier alpha value is -1.50. The summed E-state index contributed by atoms with van der Waals surface area (Å²) < 4.78 is 0. The largest absolute Gasteiger partial charge is 0.381 e. The molecular formula is C15H19N. The van der Waals surface area contributed by atoms with Crippen LogP contribution in [0.3, 0.4) is 0 Å². The molecule has 0 amide bonds. The van der Waals surface area contributed by atoms with Crippen molar-refractivity contribution in [1.29, 1.82) is 0 Å². The van der Waals surface area contributed by atoms with Crippen LogP contribution in [-0.4, -0.2) is 6.54 Å². The van der Waals surface area contributed by atoms with Crippen LogP contribution >= 0.6 is 0 Å². The maximum absolute atomic E-state index is 3.48. The Kier molecular flexibility index (Phi) is 3.45. The van der Waals surface area contributed by atoms with Gasteiger partial charge in [0.25, 0.3) is 0 Å². The van der Waals surface area contributed by atoms with E-state index in [2.05, 4.69) is 55.6 Å². The zero-order valence-corrected chi connectivity index (χ0v) is 10.0. The smallest absolute Gasteiger partial charge is 0.0416 e. The summed E-state index contributed by atoms with van der Waals surface area (Å²) in [5, 5.41) is 3.48. The van der Waals surface area contributed by atoms with Crippen LogP contribution in [0.25, 0.3) is 5.70 Å². The van der Waals surface area contributed by atoms with E-state index in [1.807, 2.05) is 6.07 Å². The molecular weight excluding hydrogens is 194 g/mol. The van der Waals surface area contributed by atoms with Crippen molar-refractivity contribution < 1.29 is 0 Å². The Morgan fingerprint density at radius 3 is 2.44 bits per heavy atom. The van der Waals surface area contributed by atoms with Crippen molar-refractivity contribution >= 4 is 5.70 Å². The van der Waals surface area contributed by atoms with Gasteiger partial charge in [0.2, 0.25) is 0 Å². The first kappa shape index (κ1) is 11.0. The molecule has 0 aliphatic carbocycles. The molecule has 0 fully saturated rings. The molecule has 1 nitrogen and oxygen atoms in total. The van der Waals surface area contributed by atoms with Crippen LogP contribution in [0, 0.1) is 5.92 Å². The highest BCUT2D eigenvalue weighted by Crippen LogP contribution is 2.18. The summed E-state index contributed by atoms with van der Waals surface area (Å²) in [6, 6.07) is 10.5. The second-order valence-corrected chi connectivity index (χ2v) is 4.72. The van der Waals surface area contributed by atoms with Crippen LogP contribution in [0.4, 0.5) is 0 Å². The van der Waals surface area contributed by atoms with Gasteiger partial charge in [-0.25, -0.2) is 0 Å². The summed E-state index contributed by atoms with van der Waals surface area (Å²) >= 11 is 0. The summed E-state index contributed by atoms with van der Waals surface area (Å²) in [5.74, 6) is 0.736.